The Morgan fingerprint density at radius 1 is 1.24 bits per heavy atom. The van der Waals surface area contributed by atoms with Gasteiger partial charge < -0.3 is 15.0 Å². The van der Waals surface area contributed by atoms with Crippen LogP contribution in [0.5, 0.6) is 0 Å². The largest absolute Gasteiger partial charge is 0.384 e. The molecule has 0 aromatic heterocycles. The zero-order valence-electron chi connectivity index (χ0n) is 13.8. The van der Waals surface area contributed by atoms with E-state index in [2.05, 4.69) is 48.3 Å². The van der Waals surface area contributed by atoms with Gasteiger partial charge in [-0.3, -0.25) is 0 Å². The molecule has 1 heterocycles. The number of piperidine rings is 1. The predicted molar refractivity (Wildman–Crippen MR) is 88.6 cm³/mol. The Morgan fingerprint density at radius 2 is 1.90 bits per heavy atom. The Labute approximate surface area is 129 Å². The standard InChI is InChI=1S/C18H30N2O/c1-4-19-18(17-7-5-15(2)6-8-17)13-20-11-9-16(10-12-20)14-21-3/h5-8,16,18-19H,4,9-14H2,1-3H3. The molecule has 1 fully saturated rings. The summed E-state index contributed by atoms with van der Waals surface area (Å²) in [5.74, 6) is 0.753. The minimum absolute atomic E-state index is 0.439. The van der Waals surface area contributed by atoms with E-state index in [4.69, 9.17) is 4.74 Å². The Bertz CT molecular complexity index is 396. The lowest BCUT2D eigenvalue weighted by atomic mass is 9.96. The van der Waals surface area contributed by atoms with Gasteiger partial charge in [0.05, 0.1) is 0 Å². The fourth-order valence-electron chi connectivity index (χ4n) is 3.16. The Balaban J connectivity index is 1.90. The number of likely N-dealkylation sites (N-methyl/N-ethyl adjacent to an activating group) is 1. The van der Waals surface area contributed by atoms with Gasteiger partial charge in [0.15, 0.2) is 0 Å². The second-order valence-corrected chi connectivity index (χ2v) is 6.22. The highest BCUT2D eigenvalue weighted by Crippen LogP contribution is 2.21. The lowest BCUT2D eigenvalue weighted by Crippen LogP contribution is -2.40. The molecule has 1 aliphatic rings. The van der Waals surface area contributed by atoms with E-state index < -0.39 is 0 Å². The van der Waals surface area contributed by atoms with Crippen molar-refractivity contribution in [1.29, 1.82) is 0 Å². The molecule has 1 aromatic carbocycles. The third kappa shape index (κ3) is 5.10. The highest BCUT2D eigenvalue weighted by molar-refractivity contribution is 5.24. The van der Waals surface area contributed by atoms with Gasteiger partial charge in [-0.15, -0.1) is 0 Å². The van der Waals surface area contributed by atoms with Crippen molar-refractivity contribution in [2.75, 3.05) is 39.9 Å². The molecule has 0 aliphatic carbocycles. The van der Waals surface area contributed by atoms with Crippen LogP contribution >= 0.6 is 0 Å². The van der Waals surface area contributed by atoms with E-state index >= 15 is 0 Å². The monoisotopic (exact) mass is 290 g/mol. The van der Waals surface area contributed by atoms with Gasteiger partial charge in [0.25, 0.3) is 0 Å². The maximum atomic E-state index is 5.29. The SMILES string of the molecule is CCNC(CN1CCC(COC)CC1)c1ccc(C)cc1. The van der Waals surface area contributed by atoms with E-state index in [1.54, 1.807) is 0 Å². The molecule has 3 nitrogen and oxygen atoms in total. The summed E-state index contributed by atoms with van der Waals surface area (Å²) in [5, 5.41) is 3.64. The number of nitrogens with one attached hydrogen (secondary N) is 1. The Hall–Kier alpha value is -0.900. The van der Waals surface area contributed by atoms with E-state index in [9.17, 15) is 0 Å². The minimum atomic E-state index is 0.439. The average Bonchev–Trinajstić information content (AvgIpc) is 2.50. The Morgan fingerprint density at radius 3 is 2.48 bits per heavy atom. The van der Waals surface area contributed by atoms with Gasteiger partial charge in [-0.25, -0.2) is 0 Å². The van der Waals surface area contributed by atoms with Gasteiger partial charge in [0.2, 0.25) is 0 Å². The normalized spacial score (nSPS) is 18.8. The third-order valence-corrected chi connectivity index (χ3v) is 4.48. The highest BCUT2D eigenvalue weighted by Gasteiger charge is 2.22. The second kappa shape index (κ2) is 8.52. The Kier molecular flexibility index (Phi) is 6.68. The number of hydrogen-bond donors (Lipinski definition) is 1. The molecule has 1 aromatic rings. The van der Waals surface area contributed by atoms with Crippen molar-refractivity contribution >= 4 is 0 Å². The van der Waals surface area contributed by atoms with Crippen LogP contribution in [0.25, 0.3) is 0 Å². The summed E-state index contributed by atoms with van der Waals surface area (Å²) in [5.41, 5.74) is 2.73. The summed E-state index contributed by atoms with van der Waals surface area (Å²) >= 11 is 0. The van der Waals surface area contributed by atoms with Gasteiger partial charge in [0, 0.05) is 26.3 Å². The molecule has 21 heavy (non-hydrogen) atoms. The van der Waals surface area contributed by atoms with Crippen LogP contribution in [0.1, 0.15) is 36.9 Å². The fraction of sp³-hybridized carbons (Fsp3) is 0.667. The number of ether oxygens (including phenoxy) is 1. The van der Waals surface area contributed by atoms with E-state index in [0.717, 1.165) is 25.6 Å². The lowest BCUT2D eigenvalue weighted by molar-refractivity contribution is 0.0953. The lowest BCUT2D eigenvalue weighted by Gasteiger charge is -2.34. The van der Waals surface area contributed by atoms with Crippen molar-refractivity contribution in [1.82, 2.24) is 10.2 Å². The van der Waals surface area contributed by atoms with Gasteiger partial charge in [-0.1, -0.05) is 36.8 Å². The molecule has 118 valence electrons. The molecule has 0 radical (unpaired) electrons. The van der Waals surface area contributed by atoms with Crippen LogP contribution in [0.2, 0.25) is 0 Å². The summed E-state index contributed by atoms with van der Waals surface area (Å²) in [7, 11) is 1.81. The smallest absolute Gasteiger partial charge is 0.0491 e. The van der Waals surface area contributed by atoms with Crippen LogP contribution in [0.3, 0.4) is 0 Å². The van der Waals surface area contributed by atoms with Crippen LogP contribution in [0.15, 0.2) is 24.3 Å². The van der Waals surface area contributed by atoms with Gasteiger partial charge in [-0.2, -0.15) is 0 Å². The molecule has 1 saturated heterocycles. The van der Waals surface area contributed by atoms with E-state index in [-0.39, 0.29) is 0 Å². The number of aryl methyl sites for hydroxylation is 1. The molecule has 2 rings (SSSR count). The zero-order valence-corrected chi connectivity index (χ0v) is 13.8. The fourth-order valence-corrected chi connectivity index (χ4v) is 3.16. The van der Waals surface area contributed by atoms with Crippen molar-refractivity contribution < 1.29 is 4.74 Å². The summed E-state index contributed by atoms with van der Waals surface area (Å²) in [4.78, 5) is 2.60. The quantitative estimate of drug-likeness (QED) is 0.835. The number of hydrogen-bond acceptors (Lipinski definition) is 3. The van der Waals surface area contributed by atoms with Crippen LogP contribution in [0, 0.1) is 12.8 Å². The van der Waals surface area contributed by atoms with Crippen LogP contribution in [-0.4, -0.2) is 44.8 Å². The zero-order chi connectivity index (χ0) is 15.1. The van der Waals surface area contributed by atoms with Crippen LogP contribution in [-0.2, 0) is 4.74 Å². The molecule has 3 heteroatoms. The molecular formula is C18H30N2O. The minimum Gasteiger partial charge on any atom is -0.384 e. The number of likely N-dealkylation sites (tertiary alicyclic amines) is 1. The predicted octanol–water partition coefficient (Wildman–Crippen LogP) is 3.00. The van der Waals surface area contributed by atoms with Gasteiger partial charge in [0.1, 0.15) is 0 Å². The maximum absolute atomic E-state index is 5.29. The number of methoxy groups -OCH3 is 1. The first-order valence-corrected chi connectivity index (χ1v) is 8.24. The first kappa shape index (κ1) is 16.5. The molecule has 1 N–H and O–H groups in total. The van der Waals surface area contributed by atoms with E-state index in [0.29, 0.717) is 6.04 Å². The molecule has 0 amide bonds. The number of rotatable bonds is 7. The van der Waals surface area contributed by atoms with E-state index in [1.165, 1.54) is 37.1 Å². The molecule has 0 bridgehead atoms. The maximum Gasteiger partial charge on any atom is 0.0491 e. The molecule has 1 aliphatic heterocycles. The second-order valence-electron chi connectivity index (χ2n) is 6.22. The number of benzene rings is 1. The summed E-state index contributed by atoms with van der Waals surface area (Å²) in [6.07, 6.45) is 2.53. The molecule has 0 saturated carbocycles. The third-order valence-electron chi connectivity index (χ3n) is 4.48. The van der Waals surface area contributed by atoms with Gasteiger partial charge >= 0.3 is 0 Å². The first-order chi connectivity index (χ1) is 10.2. The van der Waals surface area contributed by atoms with Gasteiger partial charge in [-0.05, 0) is 50.9 Å². The van der Waals surface area contributed by atoms with Crippen molar-refractivity contribution in [2.45, 2.75) is 32.7 Å². The average molecular weight is 290 g/mol. The van der Waals surface area contributed by atoms with Crippen molar-refractivity contribution in [2.24, 2.45) is 5.92 Å². The van der Waals surface area contributed by atoms with Crippen molar-refractivity contribution in [3.8, 4) is 0 Å². The molecule has 1 atom stereocenters. The molecule has 0 spiro atoms. The molecule has 1 unspecified atom stereocenters. The summed E-state index contributed by atoms with van der Waals surface area (Å²) in [6.45, 7) is 9.76. The van der Waals surface area contributed by atoms with Crippen LogP contribution in [0.4, 0.5) is 0 Å². The molecular weight excluding hydrogens is 260 g/mol. The van der Waals surface area contributed by atoms with Crippen molar-refractivity contribution in [3.05, 3.63) is 35.4 Å². The highest BCUT2D eigenvalue weighted by atomic mass is 16.5. The van der Waals surface area contributed by atoms with E-state index in [1.807, 2.05) is 7.11 Å². The van der Waals surface area contributed by atoms with Crippen molar-refractivity contribution in [3.63, 3.8) is 0 Å². The first-order valence-electron chi connectivity index (χ1n) is 8.24. The topological polar surface area (TPSA) is 24.5 Å². The number of nitrogens with zero attached hydrogens (tertiary/aromatic N) is 1. The summed E-state index contributed by atoms with van der Waals surface area (Å²) in [6, 6.07) is 9.39. The summed E-state index contributed by atoms with van der Waals surface area (Å²) < 4.78 is 5.29. The van der Waals surface area contributed by atoms with Crippen LogP contribution < -0.4 is 5.32 Å².